The summed E-state index contributed by atoms with van der Waals surface area (Å²) >= 11 is 0. The first-order valence-electron chi connectivity index (χ1n) is 48.1. The van der Waals surface area contributed by atoms with Crippen molar-refractivity contribution < 1.29 is 104 Å². The Labute approximate surface area is 839 Å². The van der Waals surface area contributed by atoms with Crippen molar-refractivity contribution >= 4 is 64.0 Å². The highest BCUT2D eigenvalue weighted by atomic mass is 19.4. The van der Waals surface area contributed by atoms with Gasteiger partial charge in [0.1, 0.15) is 11.6 Å². The van der Waals surface area contributed by atoms with Gasteiger partial charge in [-0.25, -0.2) is 0 Å². The van der Waals surface area contributed by atoms with E-state index in [0.717, 1.165) is 79.9 Å². The minimum absolute atomic E-state index is 0. The molecule has 0 saturated carbocycles. The molecule has 0 radical (unpaired) electrons. The molecule has 0 atom stereocenters. The number of alkyl halides is 15. The van der Waals surface area contributed by atoms with E-state index in [1.165, 1.54) is 82.3 Å². The molecule has 45 heteroatoms. The summed E-state index contributed by atoms with van der Waals surface area (Å²) in [6, 6.07) is 38.2. The number of piperidine rings is 5. The maximum Gasteiger partial charge on any atom is 0.416 e. The van der Waals surface area contributed by atoms with E-state index in [0.29, 0.717) is 194 Å². The molecule has 0 unspecified atom stereocenters. The third kappa shape index (κ3) is 24.4. The Hall–Kier alpha value is -14.7. The monoisotopic (exact) mass is 2060 g/mol. The van der Waals surface area contributed by atoms with Crippen LogP contribution in [0.1, 0.15) is 275 Å². The second kappa shape index (κ2) is 45.3. The van der Waals surface area contributed by atoms with Gasteiger partial charge < -0.3 is 43.9 Å². The highest BCUT2D eigenvalue weighted by molar-refractivity contribution is 5.97. The predicted octanol–water partition coefficient (Wildman–Crippen LogP) is 18.0. The molecule has 1 N–H and O–H groups in total. The molecule has 15 heterocycles. The summed E-state index contributed by atoms with van der Waals surface area (Å²) in [5.74, 6) is -0.339. The van der Waals surface area contributed by atoms with Crippen molar-refractivity contribution in [1.82, 2.24) is 108 Å². The minimum atomic E-state index is -4.41. The molecule has 782 valence electrons. The average molecular weight is 2070 g/mol. The zero-order valence-electron chi connectivity index (χ0n) is 80.3. The number of benzene rings is 5. The van der Waals surface area contributed by atoms with Gasteiger partial charge in [0.25, 0.3) is 29.5 Å². The molecule has 0 bridgehead atoms. The van der Waals surface area contributed by atoms with Crippen molar-refractivity contribution in [3.63, 3.8) is 0 Å². The predicted molar refractivity (Wildman–Crippen MR) is 509 cm³/mol. The molecule has 6 amide bonds. The minimum Gasteiger partial charge on any atom is -0.349 e. The average Bonchev–Trinajstić information content (AvgIpc) is 1.62. The molecule has 7 aliphatic heterocycles. The van der Waals surface area contributed by atoms with Crippen LogP contribution < -0.4 is 5.32 Å². The number of hydrogen-bond donors (Lipinski definition) is 1. The largest absolute Gasteiger partial charge is 0.416 e. The van der Waals surface area contributed by atoms with Crippen molar-refractivity contribution in [1.29, 1.82) is 0 Å². The number of carbonyl (C=O) groups is 8. The maximum absolute atomic E-state index is 13.4. The molecular formula is C103H107F15N22O8. The summed E-state index contributed by atoms with van der Waals surface area (Å²) in [6.45, 7) is 9.21. The van der Waals surface area contributed by atoms with Gasteiger partial charge in [-0.3, -0.25) is 51.6 Å². The Morgan fingerprint density at radius 3 is 0.993 bits per heavy atom. The van der Waals surface area contributed by atoms with Crippen LogP contribution in [0.2, 0.25) is 0 Å². The molecule has 20 rings (SSSR count). The number of ketones is 2. The number of nitrogens with zero attached hydrogens (tertiary/aromatic N) is 21. The number of likely N-dealkylation sites (tertiary alicyclic amines) is 5. The van der Waals surface area contributed by atoms with Crippen LogP contribution in [0.3, 0.4) is 0 Å². The molecule has 5 aromatic carbocycles. The third-order valence-corrected chi connectivity index (χ3v) is 27.8. The Balaban J connectivity index is 0.000000139. The normalized spacial score (nSPS) is 16.4. The SMILES string of the molecule is C.CC(=O)c1ccc2nnc(C(=O)N3CCC(c4ccccc4C(F)(F)F)CC3)n2c1.CC(=O)c1ccn2c(C(=O)N3CCC(c4ccccc4C(F)(F)F)CC3)nnc2c1.CN(C)C(=O)Cc1ccc2nnc(C(=O)N3CCC(c4ccccc4C(F)(F)F)CC3)n2c1.O=C(c1nnc2n1CCCC2)N1CCC(c2ccccc2C(F)(F)F)CC1.O=C(c1nnc2n1CCNC2)N1CCC(c2ccccc2C(F)(F)F)CC1. The van der Waals surface area contributed by atoms with E-state index in [4.69, 9.17) is 0 Å². The van der Waals surface area contributed by atoms with Crippen molar-refractivity contribution in [2.24, 2.45) is 0 Å². The topological polar surface area (TPSA) is 320 Å². The molecule has 7 aliphatic rings. The fraction of sp³-hybridized carbons (Fsp3) is 0.417. The fourth-order valence-electron chi connectivity index (χ4n) is 20.0. The number of amides is 6. The molecule has 13 aromatic rings. The van der Waals surface area contributed by atoms with Gasteiger partial charge in [-0.2, -0.15) is 65.9 Å². The number of rotatable bonds is 14. The van der Waals surface area contributed by atoms with Gasteiger partial charge in [0.05, 0.1) is 40.8 Å². The highest BCUT2D eigenvalue weighted by Gasteiger charge is 2.44. The number of hydrogen-bond acceptors (Lipinski definition) is 19. The van der Waals surface area contributed by atoms with Crippen LogP contribution in [0.4, 0.5) is 65.9 Å². The lowest BCUT2D eigenvalue weighted by Crippen LogP contribution is -2.40. The summed E-state index contributed by atoms with van der Waals surface area (Å²) < 4.78 is 208. The second-order valence-corrected chi connectivity index (χ2v) is 37.3. The molecule has 148 heavy (non-hydrogen) atoms. The van der Waals surface area contributed by atoms with Gasteiger partial charge in [-0.05, 0) is 215 Å². The van der Waals surface area contributed by atoms with Crippen LogP contribution in [-0.4, -0.2) is 236 Å². The summed E-state index contributed by atoms with van der Waals surface area (Å²) in [5.41, 5.74) is 1.43. The number of nitrogens with one attached hydrogen (secondary N) is 1. The van der Waals surface area contributed by atoms with E-state index in [1.807, 2.05) is 9.13 Å². The Kier molecular flexibility index (Phi) is 32.9. The molecule has 0 spiro atoms. The van der Waals surface area contributed by atoms with E-state index in [1.54, 1.807) is 134 Å². The second-order valence-electron chi connectivity index (χ2n) is 37.3. The van der Waals surface area contributed by atoms with Crippen LogP contribution in [-0.2, 0) is 68.2 Å². The first-order valence-corrected chi connectivity index (χ1v) is 48.1. The molecule has 5 fully saturated rings. The lowest BCUT2D eigenvalue weighted by Gasteiger charge is -2.33. The van der Waals surface area contributed by atoms with E-state index in [-0.39, 0.29) is 125 Å². The number of carbonyl (C=O) groups excluding carboxylic acids is 8. The quantitative estimate of drug-likeness (QED) is 0.0781. The lowest BCUT2D eigenvalue weighted by atomic mass is 9.86. The summed E-state index contributed by atoms with van der Waals surface area (Å²) in [4.78, 5) is 109. The smallest absolute Gasteiger partial charge is 0.349 e. The summed E-state index contributed by atoms with van der Waals surface area (Å²) in [6.07, 6.45) is -9.49. The van der Waals surface area contributed by atoms with Gasteiger partial charge in [-0.15, -0.1) is 51.0 Å². The first-order chi connectivity index (χ1) is 70.0. The molecular weight excluding hydrogens is 1960 g/mol. The zero-order chi connectivity index (χ0) is 105. The number of Topliss-reactive ketones (excluding diaryl/α,β-unsaturated/α-hetero) is 2. The number of fused-ring (bicyclic) bond motifs is 5. The molecule has 8 aromatic heterocycles. The van der Waals surface area contributed by atoms with Crippen molar-refractivity contribution in [3.8, 4) is 0 Å². The zero-order valence-corrected chi connectivity index (χ0v) is 80.3. The van der Waals surface area contributed by atoms with Crippen LogP contribution in [0.5, 0.6) is 0 Å². The number of likely N-dealkylation sites (N-methyl/N-ethyl adjacent to an activating group) is 1. The van der Waals surface area contributed by atoms with Gasteiger partial charge in [-0.1, -0.05) is 104 Å². The van der Waals surface area contributed by atoms with E-state index >= 15 is 0 Å². The molecule has 30 nitrogen and oxygen atoms in total. The van der Waals surface area contributed by atoms with Crippen molar-refractivity contribution in [2.45, 2.75) is 191 Å². The Bertz CT molecular complexity index is 6840. The van der Waals surface area contributed by atoms with Gasteiger partial charge in [0, 0.05) is 135 Å². The van der Waals surface area contributed by atoms with Crippen LogP contribution in [0, 0.1) is 0 Å². The van der Waals surface area contributed by atoms with Gasteiger partial charge >= 0.3 is 30.9 Å². The van der Waals surface area contributed by atoms with Crippen LogP contribution in [0.15, 0.2) is 176 Å². The Morgan fingerprint density at radius 2 is 0.642 bits per heavy atom. The summed E-state index contributed by atoms with van der Waals surface area (Å²) in [5, 5.41) is 43.3. The standard InChI is InChI=1S/C23H24F3N5O2.2C21H19F3N4O2.C19H21F3N4O.C18H20F3N5O.CH4/c1-29(2)20(32)13-15-7-8-19-27-28-21(31(19)14-15)22(33)30-11-9-16(10-12-30)17-5-3-4-6-18(17)23(24,25)26;1-13(29)15-8-11-28-18(12-15)25-26-19(28)20(30)27-9-6-14(7-10-27)16-4-2-3-5-17(16)21(22,23)24;1-13(29)15-6-7-18-25-26-19(28(18)12-15)20(30)27-10-8-14(9-11-27)16-4-2-3-5-17(16)21(22,23)24;20-19(21,22)15-6-2-1-5-14(15)13-8-11-25(12-9-13)18(27)17-24-23-16-7-3-4-10-26(16)17;19-18(20,21)14-4-2-1-3-13(14)12-5-8-25(9-6-12)17(27)16-24-23-15-11-22-7-10-26(15)16;/h3-8,14,16H,9-13H2,1-2H3;2-5,8,11-12,14H,6-7,9-10H2,1H3;2-7,12,14H,8-11H2,1H3;1-2,5-6,13H,3-4,7-12H2;1-4,12,22H,5-11H2;1H4. The van der Waals surface area contributed by atoms with E-state index < -0.39 is 58.7 Å². The fourth-order valence-corrected chi connectivity index (χ4v) is 20.0. The maximum atomic E-state index is 13.4. The first kappa shape index (κ1) is 108. The Morgan fingerprint density at radius 1 is 0.331 bits per heavy atom. The summed E-state index contributed by atoms with van der Waals surface area (Å²) in [7, 11) is 3.34. The van der Waals surface area contributed by atoms with Gasteiger partial charge in [0.15, 0.2) is 28.5 Å². The third-order valence-electron chi connectivity index (χ3n) is 27.8. The van der Waals surface area contributed by atoms with Crippen LogP contribution in [0.25, 0.3) is 16.9 Å². The van der Waals surface area contributed by atoms with Crippen molar-refractivity contribution in [2.75, 3.05) is 86.1 Å². The number of halogens is 15. The van der Waals surface area contributed by atoms with Crippen molar-refractivity contribution in [3.05, 3.63) is 289 Å². The number of aromatic nitrogens is 15. The van der Waals surface area contributed by atoms with E-state index in [2.05, 4.69) is 56.3 Å². The van der Waals surface area contributed by atoms with E-state index in [9.17, 15) is 104 Å². The molecule has 0 aliphatic carbocycles. The van der Waals surface area contributed by atoms with Gasteiger partial charge in [0.2, 0.25) is 35.0 Å². The highest BCUT2D eigenvalue weighted by Crippen LogP contribution is 2.46. The lowest BCUT2D eigenvalue weighted by molar-refractivity contribution is -0.139. The number of aryl methyl sites for hydroxylation is 1. The van der Waals surface area contributed by atoms with Crippen LogP contribution >= 0.6 is 0 Å². The number of pyridine rings is 3. The molecule has 5 saturated heterocycles.